The summed E-state index contributed by atoms with van der Waals surface area (Å²) >= 11 is 1.66. The molecule has 0 saturated carbocycles. The maximum absolute atomic E-state index is 9.33. The van der Waals surface area contributed by atoms with E-state index >= 15 is 0 Å². The van der Waals surface area contributed by atoms with Crippen molar-refractivity contribution in [1.29, 1.82) is 5.26 Å². The van der Waals surface area contributed by atoms with Crippen LogP contribution in [0.25, 0.3) is 11.1 Å². The molecule has 4 nitrogen and oxygen atoms in total. The SMILES string of the molecule is COC1CCCCc2ccc(-c3cccc(C#N)c3)cc2C2(CCC1)CCSC(N)=N2. The van der Waals surface area contributed by atoms with Crippen LogP contribution in [0.15, 0.2) is 47.5 Å². The normalized spacial score (nSPS) is 24.5. The fraction of sp³-hybridized carbons (Fsp3) is 0.462. The number of aryl methyl sites for hydroxylation is 1. The quantitative estimate of drug-likeness (QED) is 0.651. The molecule has 2 unspecified atom stereocenters. The smallest absolute Gasteiger partial charge is 0.154 e. The number of rotatable bonds is 2. The summed E-state index contributed by atoms with van der Waals surface area (Å²) < 4.78 is 5.75. The van der Waals surface area contributed by atoms with Crippen molar-refractivity contribution in [3.63, 3.8) is 0 Å². The number of nitriles is 1. The average molecular weight is 434 g/mol. The van der Waals surface area contributed by atoms with E-state index in [4.69, 9.17) is 15.5 Å². The van der Waals surface area contributed by atoms with Crippen molar-refractivity contribution in [1.82, 2.24) is 0 Å². The van der Waals surface area contributed by atoms with Gasteiger partial charge in [-0.1, -0.05) is 42.4 Å². The Morgan fingerprint density at radius 3 is 2.74 bits per heavy atom. The van der Waals surface area contributed by atoms with Gasteiger partial charge in [0.15, 0.2) is 5.17 Å². The third-order valence-corrected chi connectivity index (χ3v) is 7.49. The van der Waals surface area contributed by atoms with Gasteiger partial charge in [0.1, 0.15) is 0 Å². The number of fused-ring (bicyclic) bond motifs is 2. The average Bonchev–Trinajstić information content (AvgIpc) is 2.83. The van der Waals surface area contributed by atoms with Crippen LogP contribution in [0, 0.1) is 11.3 Å². The zero-order chi connectivity index (χ0) is 21.7. The Labute approximate surface area is 189 Å². The Hall–Kier alpha value is -2.29. The molecule has 2 aliphatic rings. The van der Waals surface area contributed by atoms with Gasteiger partial charge in [-0.25, -0.2) is 0 Å². The number of nitrogens with two attached hydrogens (primary N) is 1. The zero-order valence-corrected chi connectivity index (χ0v) is 19.1. The summed E-state index contributed by atoms with van der Waals surface area (Å²) in [5.74, 6) is 0.997. The molecule has 0 saturated heterocycles. The summed E-state index contributed by atoms with van der Waals surface area (Å²) in [7, 11) is 1.84. The summed E-state index contributed by atoms with van der Waals surface area (Å²) in [4.78, 5) is 5.10. The molecule has 1 aliphatic carbocycles. The topological polar surface area (TPSA) is 71.4 Å². The van der Waals surface area contributed by atoms with Crippen LogP contribution in [-0.2, 0) is 16.7 Å². The molecular weight excluding hydrogens is 402 g/mol. The Kier molecular flexibility index (Phi) is 6.99. The maximum atomic E-state index is 9.33. The molecule has 0 aromatic heterocycles. The van der Waals surface area contributed by atoms with Crippen LogP contribution in [0.4, 0.5) is 0 Å². The number of hydrogen-bond donors (Lipinski definition) is 1. The van der Waals surface area contributed by atoms with Crippen LogP contribution in [0.5, 0.6) is 0 Å². The highest BCUT2D eigenvalue weighted by atomic mass is 32.2. The lowest BCUT2D eigenvalue weighted by molar-refractivity contribution is 0.0820. The van der Waals surface area contributed by atoms with Crippen LogP contribution in [0.3, 0.4) is 0 Å². The van der Waals surface area contributed by atoms with E-state index in [9.17, 15) is 5.26 Å². The molecule has 0 amide bonds. The summed E-state index contributed by atoms with van der Waals surface area (Å²) in [5.41, 5.74) is 11.6. The molecule has 0 bridgehead atoms. The van der Waals surface area contributed by atoms with Crippen LogP contribution in [-0.4, -0.2) is 24.1 Å². The van der Waals surface area contributed by atoms with Gasteiger partial charge in [0.25, 0.3) is 0 Å². The van der Waals surface area contributed by atoms with Crippen molar-refractivity contribution in [2.45, 2.75) is 63.0 Å². The van der Waals surface area contributed by atoms with Gasteiger partial charge in [-0.3, -0.25) is 4.99 Å². The molecule has 1 aliphatic heterocycles. The molecular formula is C26H31N3OS. The first kappa shape index (κ1) is 21.9. The Morgan fingerprint density at radius 2 is 1.94 bits per heavy atom. The van der Waals surface area contributed by atoms with E-state index in [2.05, 4.69) is 30.3 Å². The molecule has 1 heterocycles. The minimum absolute atomic E-state index is 0.268. The summed E-state index contributed by atoms with van der Waals surface area (Å²) in [6.07, 6.45) is 8.98. The van der Waals surface area contributed by atoms with E-state index < -0.39 is 0 Å². The van der Waals surface area contributed by atoms with Crippen LogP contribution >= 0.6 is 11.8 Å². The lowest BCUT2D eigenvalue weighted by Gasteiger charge is -2.36. The number of hydrogen-bond acceptors (Lipinski definition) is 5. The number of benzene rings is 2. The van der Waals surface area contributed by atoms with E-state index in [0.29, 0.717) is 16.8 Å². The molecule has 2 aromatic carbocycles. The number of ether oxygens (including phenoxy) is 1. The zero-order valence-electron chi connectivity index (χ0n) is 18.3. The number of nitrogens with zero attached hydrogens (tertiary/aromatic N) is 2. The summed E-state index contributed by atoms with van der Waals surface area (Å²) in [5, 5.41) is 10.0. The molecule has 31 heavy (non-hydrogen) atoms. The van der Waals surface area contributed by atoms with Gasteiger partial charge in [-0.05, 0) is 85.4 Å². The fourth-order valence-electron chi connectivity index (χ4n) is 5.00. The fourth-order valence-corrected chi connectivity index (χ4v) is 5.89. The van der Waals surface area contributed by atoms with Crippen molar-refractivity contribution in [3.8, 4) is 17.2 Å². The number of methoxy groups -OCH3 is 1. The van der Waals surface area contributed by atoms with Gasteiger partial charge in [-0.2, -0.15) is 5.26 Å². The van der Waals surface area contributed by atoms with Crippen molar-refractivity contribution in [2.75, 3.05) is 12.9 Å². The van der Waals surface area contributed by atoms with Crippen LogP contribution < -0.4 is 5.73 Å². The molecule has 162 valence electrons. The minimum atomic E-state index is -0.268. The van der Waals surface area contributed by atoms with Crippen molar-refractivity contribution in [2.24, 2.45) is 10.7 Å². The monoisotopic (exact) mass is 433 g/mol. The Balaban J connectivity index is 1.80. The molecule has 0 radical (unpaired) electrons. The van der Waals surface area contributed by atoms with E-state index in [1.165, 1.54) is 17.5 Å². The second kappa shape index (κ2) is 9.89. The van der Waals surface area contributed by atoms with Gasteiger partial charge in [0.2, 0.25) is 0 Å². The first-order chi connectivity index (χ1) is 15.1. The first-order valence-electron chi connectivity index (χ1n) is 11.3. The number of thioether (sulfide) groups is 1. The highest BCUT2D eigenvalue weighted by Gasteiger charge is 2.36. The minimum Gasteiger partial charge on any atom is -0.381 e. The Bertz CT molecular complexity index is 996. The third-order valence-electron chi connectivity index (χ3n) is 6.70. The second-order valence-electron chi connectivity index (χ2n) is 8.64. The van der Waals surface area contributed by atoms with E-state index in [-0.39, 0.29) is 5.54 Å². The van der Waals surface area contributed by atoms with Crippen LogP contribution in [0.1, 0.15) is 61.6 Å². The highest BCUT2D eigenvalue weighted by molar-refractivity contribution is 8.13. The van der Waals surface area contributed by atoms with Crippen molar-refractivity contribution in [3.05, 3.63) is 59.2 Å². The molecule has 5 heteroatoms. The largest absolute Gasteiger partial charge is 0.381 e. The van der Waals surface area contributed by atoms with E-state index in [1.54, 1.807) is 11.8 Å². The van der Waals surface area contributed by atoms with Crippen molar-refractivity contribution < 1.29 is 4.74 Å². The van der Waals surface area contributed by atoms with Gasteiger partial charge in [0.05, 0.1) is 23.3 Å². The predicted molar refractivity (Wildman–Crippen MR) is 129 cm³/mol. The van der Waals surface area contributed by atoms with Gasteiger partial charge in [-0.15, -0.1) is 0 Å². The molecule has 1 spiro atoms. The molecule has 4 rings (SSSR count). The lowest BCUT2D eigenvalue weighted by Crippen LogP contribution is -2.33. The Morgan fingerprint density at radius 1 is 1.10 bits per heavy atom. The van der Waals surface area contributed by atoms with E-state index in [1.807, 2.05) is 25.3 Å². The third kappa shape index (κ3) is 4.97. The number of aliphatic imine (C=N–C) groups is 1. The standard InChI is InChI=1S/C26H31N3OS/c1-30-23-9-3-2-7-20-11-12-22(21-8-4-6-19(16-21)18-27)17-24(20)26(13-5-10-23)14-15-31-25(28)29-26/h4,6,8,11-12,16-17,23H,2-3,5,7,9-10,13-15H2,1H3,(H2,28,29). The molecule has 2 aromatic rings. The molecule has 2 atom stereocenters. The summed E-state index contributed by atoms with van der Waals surface area (Å²) in [6, 6.07) is 16.9. The first-order valence-corrected chi connectivity index (χ1v) is 12.3. The summed E-state index contributed by atoms with van der Waals surface area (Å²) in [6.45, 7) is 0. The lowest BCUT2D eigenvalue weighted by atomic mass is 9.78. The van der Waals surface area contributed by atoms with Crippen molar-refractivity contribution >= 4 is 16.9 Å². The highest BCUT2D eigenvalue weighted by Crippen LogP contribution is 2.43. The maximum Gasteiger partial charge on any atom is 0.154 e. The van der Waals surface area contributed by atoms with Gasteiger partial charge < -0.3 is 10.5 Å². The van der Waals surface area contributed by atoms with Gasteiger partial charge >= 0.3 is 0 Å². The molecule has 2 N–H and O–H groups in total. The molecule has 0 fully saturated rings. The van der Waals surface area contributed by atoms with Gasteiger partial charge in [0, 0.05) is 12.9 Å². The number of amidine groups is 1. The predicted octanol–water partition coefficient (Wildman–Crippen LogP) is 5.78. The second-order valence-corrected chi connectivity index (χ2v) is 9.76. The van der Waals surface area contributed by atoms with E-state index in [0.717, 1.165) is 61.8 Å². The van der Waals surface area contributed by atoms with Crippen LogP contribution in [0.2, 0.25) is 0 Å².